The molecule has 84 valence electrons. The van der Waals surface area contributed by atoms with E-state index in [2.05, 4.69) is 10.3 Å². The first kappa shape index (κ1) is 10.2. The Morgan fingerprint density at radius 2 is 2.38 bits per heavy atom. The quantitative estimate of drug-likeness (QED) is 0.828. The van der Waals surface area contributed by atoms with Crippen molar-refractivity contribution in [1.29, 1.82) is 0 Å². The maximum Gasteiger partial charge on any atom is 0.256 e. The highest BCUT2D eigenvalue weighted by Crippen LogP contribution is 2.26. The largest absolute Gasteiger partial charge is 0.431 e. The maximum atomic E-state index is 5.66. The van der Waals surface area contributed by atoms with E-state index in [0.29, 0.717) is 0 Å². The molecule has 0 bridgehead atoms. The summed E-state index contributed by atoms with van der Waals surface area (Å²) >= 11 is 1.73. The molecule has 4 heteroatoms. The molecule has 0 amide bonds. The van der Waals surface area contributed by atoms with Crippen LogP contribution in [0.1, 0.15) is 6.42 Å². The van der Waals surface area contributed by atoms with Crippen molar-refractivity contribution in [3.05, 3.63) is 24.3 Å². The van der Waals surface area contributed by atoms with Gasteiger partial charge in [0.25, 0.3) is 5.22 Å². The molecule has 1 fully saturated rings. The van der Waals surface area contributed by atoms with Crippen LogP contribution in [0.3, 0.4) is 0 Å². The van der Waals surface area contributed by atoms with Crippen LogP contribution in [0.5, 0.6) is 0 Å². The Morgan fingerprint density at radius 1 is 1.44 bits per heavy atom. The summed E-state index contributed by atoms with van der Waals surface area (Å²) in [6.45, 7) is 2.28. The lowest BCUT2D eigenvalue weighted by Crippen LogP contribution is -2.10. The van der Waals surface area contributed by atoms with Crippen molar-refractivity contribution in [2.75, 3.05) is 18.8 Å². The van der Waals surface area contributed by atoms with Crippen molar-refractivity contribution >= 4 is 22.9 Å². The summed E-state index contributed by atoms with van der Waals surface area (Å²) in [5.74, 6) is 1.86. The van der Waals surface area contributed by atoms with Gasteiger partial charge >= 0.3 is 0 Å². The highest BCUT2D eigenvalue weighted by molar-refractivity contribution is 7.99. The van der Waals surface area contributed by atoms with Crippen molar-refractivity contribution in [2.45, 2.75) is 11.6 Å². The molecule has 3 rings (SSSR count). The Bertz CT molecular complexity index is 444. The molecule has 16 heavy (non-hydrogen) atoms. The van der Waals surface area contributed by atoms with Crippen molar-refractivity contribution in [2.24, 2.45) is 5.92 Å². The average Bonchev–Trinajstić information content (AvgIpc) is 2.95. The number of nitrogens with zero attached hydrogens (tertiary/aromatic N) is 1. The van der Waals surface area contributed by atoms with Gasteiger partial charge in [-0.05, 0) is 37.6 Å². The van der Waals surface area contributed by atoms with Crippen LogP contribution >= 0.6 is 11.8 Å². The van der Waals surface area contributed by atoms with Gasteiger partial charge in [0.1, 0.15) is 5.52 Å². The summed E-state index contributed by atoms with van der Waals surface area (Å²) in [6, 6.07) is 7.91. The fourth-order valence-electron chi connectivity index (χ4n) is 1.96. The Hall–Kier alpha value is -1.00. The lowest BCUT2D eigenvalue weighted by Gasteiger charge is -2.03. The second-order valence-electron chi connectivity index (χ2n) is 4.12. The summed E-state index contributed by atoms with van der Waals surface area (Å²) in [5.41, 5.74) is 1.84. The van der Waals surface area contributed by atoms with E-state index < -0.39 is 0 Å². The second-order valence-corrected chi connectivity index (χ2v) is 5.09. The van der Waals surface area contributed by atoms with Crippen LogP contribution in [-0.4, -0.2) is 23.8 Å². The second kappa shape index (κ2) is 4.47. The molecule has 0 saturated carbocycles. The molecule has 1 aromatic carbocycles. The van der Waals surface area contributed by atoms with Gasteiger partial charge in [-0.1, -0.05) is 23.9 Å². The van der Waals surface area contributed by atoms with E-state index >= 15 is 0 Å². The van der Waals surface area contributed by atoms with Crippen molar-refractivity contribution < 1.29 is 4.42 Å². The third-order valence-electron chi connectivity index (χ3n) is 2.88. The van der Waals surface area contributed by atoms with Crippen molar-refractivity contribution in [3.63, 3.8) is 0 Å². The lowest BCUT2D eigenvalue weighted by atomic mass is 10.2. The molecular formula is C12H14N2OS. The third-order valence-corrected chi connectivity index (χ3v) is 3.94. The third kappa shape index (κ3) is 2.08. The molecule has 1 unspecified atom stereocenters. The van der Waals surface area contributed by atoms with Gasteiger partial charge < -0.3 is 9.73 Å². The highest BCUT2D eigenvalue weighted by atomic mass is 32.2. The van der Waals surface area contributed by atoms with Crippen LogP contribution in [0.4, 0.5) is 0 Å². The minimum Gasteiger partial charge on any atom is -0.431 e. The van der Waals surface area contributed by atoms with Gasteiger partial charge in [0.15, 0.2) is 5.58 Å². The van der Waals surface area contributed by atoms with E-state index in [0.717, 1.165) is 41.1 Å². The predicted molar refractivity (Wildman–Crippen MR) is 65.7 cm³/mol. The number of nitrogens with one attached hydrogen (secondary N) is 1. The van der Waals surface area contributed by atoms with Crippen molar-refractivity contribution in [1.82, 2.24) is 10.3 Å². The Balaban J connectivity index is 1.69. The molecule has 3 nitrogen and oxygen atoms in total. The monoisotopic (exact) mass is 234 g/mol. The van der Waals surface area contributed by atoms with Crippen LogP contribution < -0.4 is 5.32 Å². The van der Waals surface area contributed by atoms with Gasteiger partial charge in [0.05, 0.1) is 0 Å². The number of hydrogen-bond acceptors (Lipinski definition) is 4. The minimum atomic E-state index is 0.764. The molecule has 0 radical (unpaired) electrons. The van der Waals surface area contributed by atoms with E-state index in [9.17, 15) is 0 Å². The summed E-state index contributed by atoms with van der Waals surface area (Å²) < 4.78 is 5.66. The highest BCUT2D eigenvalue weighted by Gasteiger charge is 2.16. The first-order chi connectivity index (χ1) is 7.92. The molecule has 0 aliphatic carbocycles. The fraction of sp³-hybridized carbons (Fsp3) is 0.417. The average molecular weight is 234 g/mol. The summed E-state index contributed by atoms with van der Waals surface area (Å²) in [6.07, 6.45) is 1.27. The molecular weight excluding hydrogens is 220 g/mol. The van der Waals surface area contributed by atoms with E-state index in [1.54, 1.807) is 11.8 Å². The van der Waals surface area contributed by atoms with E-state index in [1.807, 2.05) is 24.3 Å². The molecule has 1 aliphatic rings. The lowest BCUT2D eigenvalue weighted by molar-refractivity contribution is 0.488. The SMILES string of the molecule is c1ccc2oc(SCC3CCNC3)nc2c1. The first-order valence-electron chi connectivity index (χ1n) is 5.61. The summed E-state index contributed by atoms with van der Waals surface area (Å²) in [4.78, 5) is 4.45. The molecule has 2 aromatic rings. The minimum absolute atomic E-state index is 0.764. The molecule has 1 aromatic heterocycles. The number of oxazole rings is 1. The zero-order valence-electron chi connectivity index (χ0n) is 8.98. The Morgan fingerprint density at radius 3 is 3.19 bits per heavy atom. The molecule has 1 atom stereocenters. The van der Waals surface area contributed by atoms with Gasteiger partial charge in [0, 0.05) is 5.75 Å². The number of hydrogen-bond donors (Lipinski definition) is 1. The normalized spacial score (nSPS) is 20.6. The topological polar surface area (TPSA) is 38.1 Å². The number of fused-ring (bicyclic) bond motifs is 1. The molecule has 1 aliphatic heterocycles. The van der Waals surface area contributed by atoms with Gasteiger partial charge in [0.2, 0.25) is 0 Å². The smallest absolute Gasteiger partial charge is 0.256 e. The fourth-order valence-corrected chi connectivity index (χ4v) is 2.93. The molecule has 2 heterocycles. The standard InChI is InChI=1S/C12H14N2OS/c1-2-4-11-10(3-1)14-12(15-11)16-8-9-5-6-13-7-9/h1-4,9,13H,5-8H2. The van der Waals surface area contributed by atoms with Gasteiger partial charge in [-0.3, -0.25) is 0 Å². The number of benzene rings is 1. The predicted octanol–water partition coefficient (Wildman–Crippen LogP) is 2.53. The van der Waals surface area contributed by atoms with Crippen LogP contribution in [0.2, 0.25) is 0 Å². The molecule has 1 saturated heterocycles. The molecule has 0 spiro atoms. The van der Waals surface area contributed by atoms with Crippen LogP contribution in [0.15, 0.2) is 33.9 Å². The number of aromatic nitrogens is 1. The summed E-state index contributed by atoms with van der Waals surface area (Å²) in [7, 11) is 0. The Kier molecular flexibility index (Phi) is 2.84. The van der Waals surface area contributed by atoms with E-state index in [1.165, 1.54) is 6.42 Å². The maximum absolute atomic E-state index is 5.66. The summed E-state index contributed by atoms with van der Waals surface area (Å²) in [5, 5.41) is 4.17. The number of thioether (sulfide) groups is 1. The first-order valence-corrected chi connectivity index (χ1v) is 6.59. The zero-order chi connectivity index (χ0) is 10.8. The molecule has 1 N–H and O–H groups in total. The van der Waals surface area contributed by atoms with Crippen LogP contribution in [0, 0.1) is 5.92 Å². The van der Waals surface area contributed by atoms with Crippen LogP contribution in [-0.2, 0) is 0 Å². The van der Waals surface area contributed by atoms with E-state index in [4.69, 9.17) is 4.42 Å². The van der Waals surface area contributed by atoms with E-state index in [-0.39, 0.29) is 0 Å². The number of para-hydroxylation sites is 2. The van der Waals surface area contributed by atoms with Gasteiger partial charge in [-0.2, -0.15) is 0 Å². The zero-order valence-corrected chi connectivity index (χ0v) is 9.80. The van der Waals surface area contributed by atoms with Gasteiger partial charge in [-0.15, -0.1) is 0 Å². The van der Waals surface area contributed by atoms with Gasteiger partial charge in [-0.25, -0.2) is 4.98 Å². The van der Waals surface area contributed by atoms with Crippen molar-refractivity contribution in [3.8, 4) is 0 Å². The van der Waals surface area contributed by atoms with Crippen LogP contribution in [0.25, 0.3) is 11.1 Å². The number of rotatable bonds is 3. The Labute approximate surface area is 98.6 Å².